The van der Waals surface area contributed by atoms with Gasteiger partial charge >= 0.3 is 0 Å². The molecule has 1 aliphatic heterocycles. The first-order valence-electron chi connectivity index (χ1n) is 9.53. The highest BCUT2D eigenvalue weighted by atomic mass is 32.2. The summed E-state index contributed by atoms with van der Waals surface area (Å²) in [4.78, 5) is 23.4. The highest BCUT2D eigenvalue weighted by Crippen LogP contribution is 2.25. The summed E-state index contributed by atoms with van der Waals surface area (Å²) in [7, 11) is 0. The predicted molar refractivity (Wildman–Crippen MR) is 112 cm³/mol. The van der Waals surface area contributed by atoms with Crippen LogP contribution in [0.25, 0.3) is 22.0 Å². The van der Waals surface area contributed by atoms with Gasteiger partial charge in [-0.2, -0.15) is 0 Å². The van der Waals surface area contributed by atoms with E-state index < -0.39 is 0 Å². The number of hydrogen-bond donors (Lipinski definition) is 0. The number of para-hydroxylation sites is 3. The highest BCUT2D eigenvalue weighted by molar-refractivity contribution is 7.99. The Morgan fingerprint density at radius 1 is 1.07 bits per heavy atom. The minimum absolute atomic E-state index is 0.0399. The number of amides is 1. The molecule has 7 heteroatoms. The average molecular weight is 405 g/mol. The standard InChI is InChI=1S/C22H19N3O3S/c26-21(14-29-22-24-18-7-3-4-8-19(18)28-22)25-12-11-16(13-25)27-20-10-9-15-5-1-2-6-17(15)23-20/h1-10,16H,11-14H2. The van der Waals surface area contributed by atoms with Gasteiger partial charge in [-0.05, 0) is 24.3 Å². The van der Waals surface area contributed by atoms with Gasteiger partial charge in [-0.1, -0.05) is 42.1 Å². The van der Waals surface area contributed by atoms with Crippen molar-refractivity contribution in [2.75, 3.05) is 18.8 Å². The molecule has 1 atom stereocenters. The third-order valence-corrected chi connectivity index (χ3v) is 5.76. The van der Waals surface area contributed by atoms with Gasteiger partial charge in [0.1, 0.15) is 11.6 Å². The fraction of sp³-hybridized carbons (Fsp3) is 0.227. The summed E-state index contributed by atoms with van der Waals surface area (Å²) >= 11 is 1.33. The van der Waals surface area contributed by atoms with Crippen LogP contribution in [0, 0.1) is 0 Å². The van der Waals surface area contributed by atoms with E-state index in [0.29, 0.717) is 29.9 Å². The zero-order chi connectivity index (χ0) is 19.6. The zero-order valence-corrected chi connectivity index (χ0v) is 16.5. The zero-order valence-electron chi connectivity index (χ0n) is 15.7. The fourth-order valence-electron chi connectivity index (χ4n) is 3.46. The quantitative estimate of drug-likeness (QED) is 0.465. The van der Waals surface area contributed by atoms with Gasteiger partial charge in [-0.15, -0.1) is 0 Å². The first-order chi connectivity index (χ1) is 14.2. The van der Waals surface area contributed by atoms with Crippen molar-refractivity contribution in [2.45, 2.75) is 17.7 Å². The minimum atomic E-state index is -0.0399. The molecule has 0 bridgehead atoms. The van der Waals surface area contributed by atoms with Gasteiger partial charge in [0.05, 0.1) is 17.8 Å². The summed E-state index contributed by atoms with van der Waals surface area (Å²) in [6.45, 7) is 1.26. The summed E-state index contributed by atoms with van der Waals surface area (Å²) in [5.41, 5.74) is 2.45. The number of oxazole rings is 1. The van der Waals surface area contributed by atoms with E-state index in [2.05, 4.69) is 9.97 Å². The maximum atomic E-state index is 12.6. The molecule has 1 saturated heterocycles. The molecule has 1 aliphatic rings. The maximum absolute atomic E-state index is 12.6. The van der Waals surface area contributed by atoms with Gasteiger partial charge < -0.3 is 14.1 Å². The number of carbonyl (C=O) groups is 1. The molecule has 2 aromatic carbocycles. The number of hydrogen-bond acceptors (Lipinski definition) is 6. The lowest BCUT2D eigenvalue weighted by Crippen LogP contribution is -2.32. The Morgan fingerprint density at radius 2 is 1.90 bits per heavy atom. The number of likely N-dealkylation sites (tertiary alicyclic amines) is 1. The number of fused-ring (bicyclic) bond motifs is 2. The van der Waals surface area contributed by atoms with Gasteiger partial charge in [0.25, 0.3) is 5.22 Å². The predicted octanol–water partition coefficient (Wildman–Crippen LogP) is 4.15. The second-order valence-corrected chi connectivity index (χ2v) is 7.87. The van der Waals surface area contributed by atoms with Gasteiger partial charge in [-0.3, -0.25) is 4.79 Å². The number of ether oxygens (including phenoxy) is 1. The van der Waals surface area contributed by atoms with E-state index in [4.69, 9.17) is 9.15 Å². The number of thioether (sulfide) groups is 1. The summed E-state index contributed by atoms with van der Waals surface area (Å²) < 4.78 is 11.7. The van der Waals surface area contributed by atoms with Gasteiger partial charge in [-0.25, -0.2) is 9.97 Å². The van der Waals surface area contributed by atoms with E-state index in [1.54, 1.807) is 0 Å². The topological polar surface area (TPSA) is 68.5 Å². The van der Waals surface area contributed by atoms with E-state index >= 15 is 0 Å². The molecule has 0 radical (unpaired) electrons. The molecule has 0 saturated carbocycles. The molecular weight excluding hydrogens is 386 g/mol. The second-order valence-electron chi connectivity index (χ2n) is 6.95. The van der Waals surface area contributed by atoms with Crippen molar-refractivity contribution < 1.29 is 13.9 Å². The molecule has 0 N–H and O–H groups in total. The Bertz CT molecular complexity index is 1140. The van der Waals surface area contributed by atoms with E-state index in [1.165, 1.54) is 11.8 Å². The van der Waals surface area contributed by atoms with E-state index in [0.717, 1.165) is 28.4 Å². The first kappa shape index (κ1) is 18.0. The van der Waals surface area contributed by atoms with Crippen LogP contribution in [0.4, 0.5) is 0 Å². The molecule has 5 rings (SSSR count). The largest absolute Gasteiger partial charge is 0.472 e. The van der Waals surface area contributed by atoms with Crippen molar-refractivity contribution in [1.82, 2.24) is 14.9 Å². The van der Waals surface area contributed by atoms with Crippen molar-refractivity contribution in [3.63, 3.8) is 0 Å². The summed E-state index contributed by atoms with van der Waals surface area (Å²) in [6, 6.07) is 19.4. The average Bonchev–Trinajstić information content (AvgIpc) is 3.38. The number of rotatable bonds is 5. The smallest absolute Gasteiger partial charge is 0.257 e. The number of nitrogens with zero attached hydrogens (tertiary/aromatic N) is 3. The summed E-state index contributed by atoms with van der Waals surface area (Å²) in [5, 5.41) is 1.60. The van der Waals surface area contributed by atoms with Crippen LogP contribution in [-0.4, -0.2) is 45.7 Å². The van der Waals surface area contributed by atoms with Crippen molar-refractivity contribution in [3.8, 4) is 5.88 Å². The molecule has 6 nitrogen and oxygen atoms in total. The number of benzene rings is 2. The van der Waals surface area contributed by atoms with Crippen LogP contribution < -0.4 is 4.74 Å². The Labute approximate surface area is 171 Å². The van der Waals surface area contributed by atoms with Crippen LogP contribution >= 0.6 is 11.8 Å². The SMILES string of the molecule is O=C(CSc1nc2ccccc2o1)N1CCC(Oc2ccc3ccccc3n2)C1. The summed E-state index contributed by atoms with van der Waals surface area (Å²) in [6.07, 6.45) is 0.760. The Kier molecular flexibility index (Phi) is 4.81. The molecule has 0 spiro atoms. The monoisotopic (exact) mass is 405 g/mol. The van der Waals surface area contributed by atoms with E-state index in [-0.39, 0.29) is 12.0 Å². The molecule has 146 valence electrons. The molecule has 1 amide bonds. The van der Waals surface area contributed by atoms with Crippen molar-refractivity contribution in [2.24, 2.45) is 0 Å². The van der Waals surface area contributed by atoms with Crippen LogP contribution in [-0.2, 0) is 4.79 Å². The Hall–Kier alpha value is -3.06. The first-order valence-corrected chi connectivity index (χ1v) is 10.5. The van der Waals surface area contributed by atoms with Gasteiger partial charge in [0.15, 0.2) is 5.58 Å². The maximum Gasteiger partial charge on any atom is 0.257 e. The van der Waals surface area contributed by atoms with Gasteiger partial charge in [0.2, 0.25) is 11.8 Å². The molecule has 2 aromatic heterocycles. The second kappa shape index (κ2) is 7.75. The van der Waals surface area contributed by atoms with E-state index in [1.807, 2.05) is 65.6 Å². The van der Waals surface area contributed by atoms with Crippen LogP contribution in [0.2, 0.25) is 0 Å². The third kappa shape index (κ3) is 3.91. The molecule has 3 heterocycles. The van der Waals surface area contributed by atoms with Crippen molar-refractivity contribution >= 4 is 39.7 Å². The minimum Gasteiger partial charge on any atom is -0.472 e. The third-order valence-electron chi connectivity index (χ3n) is 4.95. The molecule has 1 unspecified atom stereocenters. The van der Waals surface area contributed by atoms with E-state index in [9.17, 15) is 4.79 Å². The highest BCUT2D eigenvalue weighted by Gasteiger charge is 2.28. The number of aromatic nitrogens is 2. The van der Waals surface area contributed by atoms with Crippen LogP contribution in [0.1, 0.15) is 6.42 Å². The van der Waals surface area contributed by atoms with Crippen molar-refractivity contribution in [1.29, 1.82) is 0 Å². The van der Waals surface area contributed by atoms with Crippen molar-refractivity contribution in [3.05, 3.63) is 60.7 Å². The lowest BCUT2D eigenvalue weighted by atomic mass is 10.2. The lowest BCUT2D eigenvalue weighted by molar-refractivity contribution is -0.127. The number of carbonyl (C=O) groups excluding carboxylic acids is 1. The molecule has 0 aliphatic carbocycles. The summed E-state index contributed by atoms with van der Waals surface area (Å²) in [5.74, 6) is 0.965. The normalized spacial score (nSPS) is 16.6. The number of pyridine rings is 1. The van der Waals surface area contributed by atoms with Crippen LogP contribution in [0.5, 0.6) is 5.88 Å². The van der Waals surface area contributed by atoms with Crippen LogP contribution in [0.15, 0.2) is 70.3 Å². The molecular formula is C22H19N3O3S. The molecule has 1 fully saturated rings. The van der Waals surface area contributed by atoms with Crippen LogP contribution in [0.3, 0.4) is 0 Å². The van der Waals surface area contributed by atoms with Gasteiger partial charge in [0, 0.05) is 24.4 Å². The Balaban J connectivity index is 1.17. The fourth-order valence-corrected chi connectivity index (χ4v) is 4.20. The molecule has 4 aromatic rings. The molecule has 29 heavy (non-hydrogen) atoms. The Morgan fingerprint density at radius 3 is 2.79 bits per heavy atom. The lowest BCUT2D eigenvalue weighted by Gasteiger charge is -2.16.